The van der Waals surface area contributed by atoms with Crippen molar-refractivity contribution in [2.75, 3.05) is 33.8 Å². The standard InChI is InChI=1S/C20H27N5O2/c1-23-9-5-11-25-18(20(23)26)12-17(22-25)15-6-4-10-24(13-15)14-16-7-3-8-19(21-16)27-2/h3,7-8,12,15H,4-6,9-11,13-14H2,1-2H3. The first-order chi connectivity index (χ1) is 13.1. The van der Waals surface area contributed by atoms with Crippen molar-refractivity contribution in [2.24, 2.45) is 0 Å². The summed E-state index contributed by atoms with van der Waals surface area (Å²) in [5.74, 6) is 1.10. The average Bonchev–Trinajstić information content (AvgIpc) is 3.06. The Bertz CT molecular complexity index is 818. The van der Waals surface area contributed by atoms with Crippen LogP contribution in [0.5, 0.6) is 5.88 Å². The van der Waals surface area contributed by atoms with E-state index in [1.54, 1.807) is 12.0 Å². The number of rotatable bonds is 4. The maximum absolute atomic E-state index is 12.5. The predicted octanol–water partition coefficient (Wildman–Crippen LogP) is 2.14. The van der Waals surface area contributed by atoms with E-state index < -0.39 is 0 Å². The van der Waals surface area contributed by atoms with Crippen LogP contribution in [-0.2, 0) is 13.1 Å². The number of likely N-dealkylation sites (tertiary alicyclic amines) is 1. The molecule has 7 nitrogen and oxygen atoms in total. The first kappa shape index (κ1) is 18.0. The SMILES string of the molecule is COc1cccc(CN2CCCC(c3cc4n(n3)CCCN(C)C4=O)C2)n1. The van der Waals surface area contributed by atoms with Gasteiger partial charge in [-0.1, -0.05) is 6.07 Å². The molecule has 1 atom stereocenters. The second-order valence-electron chi connectivity index (χ2n) is 7.50. The lowest BCUT2D eigenvalue weighted by atomic mass is 9.94. The highest BCUT2D eigenvalue weighted by Crippen LogP contribution is 2.28. The zero-order valence-corrected chi connectivity index (χ0v) is 16.1. The molecular formula is C20H27N5O2. The first-order valence-corrected chi connectivity index (χ1v) is 9.69. The molecule has 2 aliphatic rings. The van der Waals surface area contributed by atoms with E-state index in [1.165, 1.54) is 0 Å². The summed E-state index contributed by atoms with van der Waals surface area (Å²) in [5.41, 5.74) is 2.81. The van der Waals surface area contributed by atoms with Crippen molar-refractivity contribution in [3.05, 3.63) is 41.3 Å². The van der Waals surface area contributed by atoms with E-state index in [0.29, 0.717) is 11.8 Å². The van der Waals surface area contributed by atoms with Crippen molar-refractivity contribution >= 4 is 5.91 Å². The van der Waals surface area contributed by atoms with E-state index in [1.807, 2.05) is 36.0 Å². The van der Waals surface area contributed by atoms with Gasteiger partial charge < -0.3 is 9.64 Å². The molecule has 2 aromatic heterocycles. The number of methoxy groups -OCH3 is 1. The lowest BCUT2D eigenvalue weighted by Crippen LogP contribution is -2.34. The zero-order valence-electron chi connectivity index (χ0n) is 16.1. The fourth-order valence-corrected chi connectivity index (χ4v) is 4.06. The summed E-state index contributed by atoms with van der Waals surface area (Å²) in [6, 6.07) is 7.91. The summed E-state index contributed by atoms with van der Waals surface area (Å²) in [7, 11) is 3.51. The summed E-state index contributed by atoms with van der Waals surface area (Å²) < 4.78 is 7.14. The molecule has 0 bridgehead atoms. The number of pyridine rings is 1. The van der Waals surface area contributed by atoms with E-state index in [-0.39, 0.29) is 5.91 Å². The van der Waals surface area contributed by atoms with Gasteiger partial charge in [-0.15, -0.1) is 0 Å². The summed E-state index contributed by atoms with van der Waals surface area (Å²) >= 11 is 0. The van der Waals surface area contributed by atoms with Gasteiger partial charge in [0, 0.05) is 45.2 Å². The molecule has 1 fully saturated rings. The number of piperidine rings is 1. The second kappa shape index (κ2) is 7.68. The highest BCUT2D eigenvalue weighted by Gasteiger charge is 2.28. The van der Waals surface area contributed by atoms with Crippen LogP contribution in [0.2, 0.25) is 0 Å². The molecule has 0 spiro atoms. The Balaban J connectivity index is 1.48. The van der Waals surface area contributed by atoms with Crippen LogP contribution in [-0.4, -0.2) is 64.3 Å². The van der Waals surface area contributed by atoms with Gasteiger partial charge in [0.2, 0.25) is 5.88 Å². The number of ether oxygens (including phenoxy) is 1. The minimum absolute atomic E-state index is 0.0829. The van der Waals surface area contributed by atoms with Gasteiger partial charge >= 0.3 is 0 Å². The van der Waals surface area contributed by atoms with Gasteiger partial charge in [-0.2, -0.15) is 5.10 Å². The number of hydrogen-bond acceptors (Lipinski definition) is 5. The minimum Gasteiger partial charge on any atom is -0.481 e. The molecule has 1 unspecified atom stereocenters. The third kappa shape index (κ3) is 3.83. The molecule has 0 radical (unpaired) electrons. The van der Waals surface area contributed by atoms with Crippen molar-refractivity contribution in [1.82, 2.24) is 24.6 Å². The molecule has 144 valence electrons. The Kier molecular flexibility index (Phi) is 5.11. The number of aromatic nitrogens is 3. The first-order valence-electron chi connectivity index (χ1n) is 9.69. The maximum Gasteiger partial charge on any atom is 0.271 e. The molecule has 2 aliphatic heterocycles. The number of hydrogen-bond donors (Lipinski definition) is 0. The highest BCUT2D eigenvalue weighted by atomic mass is 16.5. The van der Waals surface area contributed by atoms with Crippen LogP contribution in [0.3, 0.4) is 0 Å². The Morgan fingerprint density at radius 1 is 1.22 bits per heavy atom. The van der Waals surface area contributed by atoms with E-state index in [2.05, 4.69) is 9.88 Å². The third-order valence-corrected chi connectivity index (χ3v) is 5.53. The minimum atomic E-state index is 0.0829. The van der Waals surface area contributed by atoms with Crippen LogP contribution in [0, 0.1) is 0 Å². The van der Waals surface area contributed by atoms with E-state index >= 15 is 0 Å². The molecule has 0 aliphatic carbocycles. The van der Waals surface area contributed by atoms with Gasteiger partial charge in [0.25, 0.3) is 5.91 Å². The van der Waals surface area contributed by atoms with Crippen LogP contribution in [0.1, 0.15) is 47.1 Å². The van der Waals surface area contributed by atoms with Crippen molar-refractivity contribution in [2.45, 2.75) is 38.3 Å². The highest BCUT2D eigenvalue weighted by molar-refractivity contribution is 5.92. The Morgan fingerprint density at radius 2 is 2.11 bits per heavy atom. The fourth-order valence-electron chi connectivity index (χ4n) is 4.06. The smallest absolute Gasteiger partial charge is 0.271 e. The Morgan fingerprint density at radius 3 is 2.96 bits per heavy atom. The van der Waals surface area contributed by atoms with Crippen LogP contribution in [0.25, 0.3) is 0 Å². The van der Waals surface area contributed by atoms with Gasteiger partial charge in [-0.25, -0.2) is 4.98 Å². The monoisotopic (exact) mass is 369 g/mol. The number of nitrogens with zero attached hydrogens (tertiary/aromatic N) is 5. The van der Waals surface area contributed by atoms with Crippen molar-refractivity contribution in [1.29, 1.82) is 0 Å². The summed E-state index contributed by atoms with van der Waals surface area (Å²) in [5, 5.41) is 4.80. The lowest BCUT2D eigenvalue weighted by molar-refractivity contribution is 0.0796. The molecule has 1 amide bonds. The predicted molar refractivity (Wildman–Crippen MR) is 102 cm³/mol. The summed E-state index contributed by atoms with van der Waals surface area (Å²) in [4.78, 5) is 21.3. The molecular weight excluding hydrogens is 342 g/mol. The van der Waals surface area contributed by atoms with Gasteiger partial charge in [0.1, 0.15) is 5.69 Å². The Labute approximate surface area is 159 Å². The molecule has 2 aromatic rings. The molecule has 0 N–H and O–H groups in total. The van der Waals surface area contributed by atoms with Crippen LogP contribution < -0.4 is 4.74 Å². The van der Waals surface area contributed by atoms with Crippen molar-refractivity contribution in [3.8, 4) is 5.88 Å². The number of fused-ring (bicyclic) bond motifs is 1. The molecule has 1 saturated heterocycles. The van der Waals surface area contributed by atoms with E-state index in [9.17, 15) is 4.79 Å². The fraction of sp³-hybridized carbons (Fsp3) is 0.550. The molecule has 0 saturated carbocycles. The zero-order chi connectivity index (χ0) is 18.8. The summed E-state index contributed by atoms with van der Waals surface area (Å²) in [6.07, 6.45) is 3.20. The second-order valence-corrected chi connectivity index (χ2v) is 7.50. The number of carbonyl (C=O) groups is 1. The van der Waals surface area contributed by atoms with Gasteiger partial charge in [-0.05, 0) is 37.9 Å². The van der Waals surface area contributed by atoms with Gasteiger partial charge in [0.15, 0.2) is 0 Å². The molecule has 0 aromatic carbocycles. The summed E-state index contributed by atoms with van der Waals surface area (Å²) in [6.45, 7) is 4.42. The van der Waals surface area contributed by atoms with E-state index in [0.717, 1.165) is 69.1 Å². The van der Waals surface area contributed by atoms with Crippen molar-refractivity contribution < 1.29 is 9.53 Å². The molecule has 4 rings (SSSR count). The normalized spacial score (nSPS) is 21.0. The average molecular weight is 369 g/mol. The van der Waals surface area contributed by atoms with Gasteiger partial charge in [0.05, 0.1) is 18.5 Å². The van der Waals surface area contributed by atoms with Gasteiger partial charge in [-0.3, -0.25) is 14.4 Å². The maximum atomic E-state index is 12.5. The third-order valence-electron chi connectivity index (χ3n) is 5.53. The molecule has 7 heteroatoms. The quantitative estimate of drug-likeness (QED) is 0.826. The number of aryl methyl sites for hydroxylation is 1. The Hall–Kier alpha value is -2.41. The largest absolute Gasteiger partial charge is 0.481 e. The number of amides is 1. The van der Waals surface area contributed by atoms with Crippen LogP contribution >= 0.6 is 0 Å². The molecule has 4 heterocycles. The van der Waals surface area contributed by atoms with Crippen LogP contribution in [0.4, 0.5) is 0 Å². The lowest BCUT2D eigenvalue weighted by Gasteiger charge is -2.31. The number of carbonyl (C=O) groups excluding carboxylic acids is 1. The van der Waals surface area contributed by atoms with E-state index in [4.69, 9.17) is 9.84 Å². The molecule has 27 heavy (non-hydrogen) atoms. The van der Waals surface area contributed by atoms with Crippen LogP contribution in [0.15, 0.2) is 24.3 Å². The van der Waals surface area contributed by atoms with Crippen molar-refractivity contribution in [3.63, 3.8) is 0 Å². The topological polar surface area (TPSA) is 63.5 Å².